The maximum Gasteiger partial charge on any atom is 0.416 e. The molecular weight excluding hydrogens is 387 g/mol. The average molecular weight is 411 g/mol. The van der Waals surface area contributed by atoms with E-state index in [4.69, 9.17) is 0 Å². The second kappa shape index (κ2) is 8.51. The van der Waals surface area contributed by atoms with Crippen molar-refractivity contribution in [3.05, 3.63) is 45.7 Å². The fourth-order valence-corrected chi connectivity index (χ4v) is 4.44. The fraction of sp³-hybridized carbons (Fsp3) is 0.500. The van der Waals surface area contributed by atoms with E-state index in [9.17, 15) is 18.0 Å². The Labute approximate surface area is 166 Å². The minimum atomic E-state index is -4.38. The molecule has 0 spiro atoms. The number of halogens is 3. The molecule has 1 aliphatic carbocycles. The molecule has 1 heterocycles. The molecule has 1 aliphatic rings. The summed E-state index contributed by atoms with van der Waals surface area (Å²) in [4.78, 5) is 20.3. The highest BCUT2D eigenvalue weighted by Crippen LogP contribution is 2.29. The molecule has 0 radical (unpaired) electrons. The van der Waals surface area contributed by atoms with Crippen LogP contribution in [-0.4, -0.2) is 28.1 Å². The summed E-state index contributed by atoms with van der Waals surface area (Å²) < 4.78 is 40.1. The van der Waals surface area contributed by atoms with E-state index in [-0.39, 0.29) is 12.1 Å². The van der Waals surface area contributed by atoms with Gasteiger partial charge in [-0.1, -0.05) is 19.3 Å². The number of rotatable bonds is 3. The molecule has 1 aromatic heterocycles. The van der Waals surface area contributed by atoms with Gasteiger partial charge < -0.3 is 4.90 Å². The summed E-state index contributed by atoms with van der Waals surface area (Å²) in [5, 5.41) is 0. The summed E-state index contributed by atoms with van der Waals surface area (Å²) in [5.41, 5.74) is -0.155. The SMILES string of the molecule is CCN(C(=O)/N=c1\sc(C)cn1-c1ccc(C(F)(F)F)cc1)C1CCCCC1. The van der Waals surface area contributed by atoms with Crippen molar-refractivity contribution in [2.45, 2.75) is 58.2 Å². The molecule has 8 heteroatoms. The molecule has 0 saturated heterocycles. The molecule has 0 bridgehead atoms. The lowest BCUT2D eigenvalue weighted by atomic mass is 9.94. The number of amides is 2. The second-order valence-electron chi connectivity index (χ2n) is 7.01. The molecule has 2 aromatic rings. The predicted octanol–water partition coefficient (Wildman–Crippen LogP) is 5.54. The molecule has 0 unspecified atom stereocenters. The van der Waals surface area contributed by atoms with Crippen LogP contribution in [0.25, 0.3) is 5.69 Å². The van der Waals surface area contributed by atoms with Crippen LogP contribution in [0.2, 0.25) is 0 Å². The monoisotopic (exact) mass is 411 g/mol. The number of carbonyl (C=O) groups is 1. The molecule has 2 amide bonds. The van der Waals surface area contributed by atoms with Crippen LogP contribution in [0, 0.1) is 6.92 Å². The zero-order valence-corrected chi connectivity index (χ0v) is 16.8. The van der Waals surface area contributed by atoms with Crippen LogP contribution in [0.4, 0.5) is 18.0 Å². The van der Waals surface area contributed by atoms with E-state index >= 15 is 0 Å². The molecule has 0 N–H and O–H groups in total. The van der Waals surface area contributed by atoms with Gasteiger partial charge in [-0.3, -0.25) is 4.57 Å². The molecule has 152 valence electrons. The number of carbonyl (C=O) groups excluding carboxylic acids is 1. The molecular formula is C20H24F3N3OS. The maximum absolute atomic E-state index is 12.8. The van der Waals surface area contributed by atoms with E-state index in [0.717, 1.165) is 42.7 Å². The lowest BCUT2D eigenvalue weighted by molar-refractivity contribution is -0.137. The van der Waals surface area contributed by atoms with Crippen molar-refractivity contribution in [1.29, 1.82) is 0 Å². The van der Waals surface area contributed by atoms with Gasteiger partial charge in [-0.2, -0.15) is 18.2 Å². The smallest absolute Gasteiger partial charge is 0.320 e. The van der Waals surface area contributed by atoms with Crippen molar-refractivity contribution < 1.29 is 18.0 Å². The Morgan fingerprint density at radius 3 is 2.43 bits per heavy atom. The Kier molecular flexibility index (Phi) is 6.27. The van der Waals surface area contributed by atoms with Gasteiger partial charge in [-0.25, -0.2) is 4.79 Å². The van der Waals surface area contributed by atoms with Crippen molar-refractivity contribution in [1.82, 2.24) is 9.47 Å². The zero-order chi connectivity index (χ0) is 20.3. The van der Waals surface area contributed by atoms with Crippen LogP contribution in [0.5, 0.6) is 0 Å². The molecule has 0 aliphatic heterocycles. The number of hydrogen-bond donors (Lipinski definition) is 0. The normalized spacial score (nSPS) is 16.4. The Bertz CT molecular complexity index is 877. The van der Waals surface area contributed by atoms with Gasteiger partial charge in [0, 0.05) is 29.3 Å². The summed E-state index contributed by atoms with van der Waals surface area (Å²) in [5.74, 6) is 0. The van der Waals surface area contributed by atoms with E-state index < -0.39 is 11.7 Å². The van der Waals surface area contributed by atoms with Gasteiger partial charge in [0.2, 0.25) is 0 Å². The van der Waals surface area contributed by atoms with Crippen LogP contribution >= 0.6 is 11.3 Å². The number of thiazole rings is 1. The highest BCUT2D eigenvalue weighted by Gasteiger charge is 2.30. The number of aromatic nitrogens is 1. The lowest BCUT2D eigenvalue weighted by Crippen LogP contribution is -2.40. The summed E-state index contributed by atoms with van der Waals surface area (Å²) in [7, 11) is 0. The van der Waals surface area contributed by atoms with Crippen molar-refractivity contribution in [2.75, 3.05) is 6.54 Å². The summed E-state index contributed by atoms with van der Waals surface area (Å²) in [6, 6.07) is 4.82. The first-order valence-electron chi connectivity index (χ1n) is 9.51. The van der Waals surface area contributed by atoms with Crippen molar-refractivity contribution in [3.63, 3.8) is 0 Å². The minimum absolute atomic E-state index is 0.218. The largest absolute Gasteiger partial charge is 0.416 e. The Balaban J connectivity index is 1.91. The van der Waals surface area contributed by atoms with Gasteiger partial charge >= 0.3 is 12.2 Å². The number of nitrogens with zero attached hydrogens (tertiary/aromatic N) is 3. The van der Waals surface area contributed by atoms with Crippen LogP contribution < -0.4 is 4.80 Å². The molecule has 3 rings (SSSR count). The van der Waals surface area contributed by atoms with Gasteiger partial charge in [0.15, 0.2) is 4.80 Å². The Hall–Kier alpha value is -2.09. The first kappa shape index (κ1) is 20.6. The van der Waals surface area contributed by atoms with Crippen molar-refractivity contribution >= 4 is 17.4 Å². The summed E-state index contributed by atoms with van der Waals surface area (Å²) >= 11 is 1.35. The van der Waals surface area contributed by atoms with Crippen LogP contribution in [-0.2, 0) is 6.18 Å². The number of benzene rings is 1. The Morgan fingerprint density at radius 1 is 1.21 bits per heavy atom. The van der Waals surface area contributed by atoms with Crippen LogP contribution in [0.15, 0.2) is 35.5 Å². The first-order chi connectivity index (χ1) is 13.3. The highest BCUT2D eigenvalue weighted by atomic mass is 32.1. The van der Waals surface area contributed by atoms with Crippen LogP contribution in [0.1, 0.15) is 49.5 Å². The topological polar surface area (TPSA) is 37.6 Å². The average Bonchev–Trinajstić information content (AvgIpc) is 3.03. The van der Waals surface area contributed by atoms with Crippen molar-refractivity contribution in [3.8, 4) is 5.69 Å². The zero-order valence-electron chi connectivity index (χ0n) is 16.0. The number of urea groups is 1. The minimum Gasteiger partial charge on any atom is -0.320 e. The first-order valence-corrected chi connectivity index (χ1v) is 10.3. The molecule has 4 nitrogen and oxygen atoms in total. The third-order valence-electron chi connectivity index (χ3n) is 5.04. The maximum atomic E-state index is 12.8. The molecule has 28 heavy (non-hydrogen) atoms. The van der Waals surface area contributed by atoms with Gasteiger partial charge in [-0.15, -0.1) is 11.3 Å². The van der Waals surface area contributed by atoms with E-state index in [1.54, 1.807) is 10.8 Å². The second-order valence-corrected chi connectivity index (χ2v) is 8.22. The fourth-order valence-electron chi connectivity index (χ4n) is 3.62. The third kappa shape index (κ3) is 4.66. The third-order valence-corrected chi connectivity index (χ3v) is 5.93. The quantitative estimate of drug-likeness (QED) is 0.653. The number of alkyl halides is 3. The van der Waals surface area contributed by atoms with Crippen molar-refractivity contribution in [2.24, 2.45) is 4.99 Å². The van der Waals surface area contributed by atoms with Gasteiger partial charge in [0.1, 0.15) is 0 Å². The molecule has 1 saturated carbocycles. The predicted molar refractivity (Wildman–Crippen MR) is 104 cm³/mol. The summed E-state index contributed by atoms with van der Waals surface area (Å²) in [6.45, 7) is 4.43. The number of hydrogen-bond acceptors (Lipinski definition) is 2. The van der Waals surface area contributed by atoms with Crippen LogP contribution in [0.3, 0.4) is 0 Å². The van der Waals surface area contributed by atoms with E-state index in [0.29, 0.717) is 17.0 Å². The molecule has 0 atom stereocenters. The van der Waals surface area contributed by atoms with Gasteiger partial charge in [0.05, 0.1) is 5.56 Å². The standard InChI is InChI=1S/C20H24F3N3OS/c1-3-25(16-7-5-4-6-8-16)18(27)24-19-26(13-14(2)28-19)17-11-9-15(10-12-17)20(21,22)23/h9-13,16H,3-8H2,1-2H3/b24-19-. The van der Waals surface area contributed by atoms with Gasteiger partial charge in [0.25, 0.3) is 0 Å². The lowest BCUT2D eigenvalue weighted by Gasteiger charge is -2.32. The van der Waals surface area contributed by atoms with E-state index in [2.05, 4.69) is 4.99 Å². The molecule has 1 aromatic carbocycles. The Morgan fingerprint density at radius 2 is 1.86 bits per heavy atom. The number of aryl methyl sites for hydroxylation is 1. The summed E-state index contributed by atoms with van der Waals surface area (Å²) in [6.07, 6.45) is 2.86. The van der Waals surface area contributed by atoms with Gasteiger partial charge in [-0.05, 0) is 51.0 Å². The van der Waals surface area contributed by atoms with E-state index in [1.165, 1.54) is 29.9 Å². The molecule has 1 fully saturated rings. The highest BCUT2D eigenvalue weighted by molar-refractivity contribution is 7.09. The van der Waals surface area contributed by atoms with E-state index in [1.807, 2.05) is 18.7 Å².